The first-order chi connectivity index (χ1) is 9.58. The predicted molar refractivity (Wildman–Crippen MR) is 87.8 cm³/mol. The molecule has 0 saturated carbocycles. The molecule has 0 spiro atoms. The Kier molecular flexibility index (Phi) is 4.94. The second-order valence-electron chi connectivity index (χ2n) is 5.14. The van der Waals surface area contributed by atoms with Gasteiger partial charge in [-0.3, -0.25) is 4.90 Å². The maximum absolute atomic E-state index is 4.43. The van der Waals surface area contributed by atoms with E-state index in [0.717, 1.165) is 30.3 Å². The number of rotatable bonds is 6. The second kappa shape index (κ2) is 6.50. The average Bonchev–Trinajstić information content (AvgIpc) is 2.74. The van der Waals surface area contributed by atoms with Gasteiger partial charge in [-0.15, -0.1) is 11.3 Å². The lowest BCUT2D eigenvalue weighted by molar-refractivity contribution is 0.240. The minimum Gasteiger partial charge on any atom is -0.368 e. The van der Waals surface area contributed by atoms with Gasteiger partial charge in [-0.1, -0.05) is 13.8 Å². The number of thiophene rings is 1. The van der Waals surface area contributed by atoms with Crippen LogP contribution in [0.1, 0.15) is 31.2 Å². The number of hydrogen-bond donors (Lipinski definition) is 1. The minimum absolute atomic E-state index is 0.495. The van der Waals surface area contributed by atoms with E-state index in [1.165, 1.54) is 15.8 Å². The molecule has 0 bridgehead atoms. The van der Waals surface area contributed by atoms with Crippen molar-refractivity contribution in [3.8, 4) is 0 Å². The highest BCUT2D eigenvalue weighted by atomic mass is 32.1. The first-order valence-corrected chi connectivity index (χ1v) is 8.08. The highest BCUT2D eigenvalue weighted by Gasteiger charge is 2.14. The van der Waals surface area contributed by atoms with Crippen molar-refractivity contribution in [2.45, 2.75) is 40.7 Å². The molecule has 0 aromatic carbocycles. The molecular formula is C15H24N4S. The monoisotopic (exact) mass is 292 g/mol. The Morgan fingerprint density at radius 2 is 1.95 bits per heavy atom. The molecule has 20 heavy (non-hydrogen) atoms. The molecule has 2 heterocycles. The van der Waals surface area contributed by atoms with Crippen molar-refractivity contribution in [2.75, 3.05) is 25.0 Å². The van der Waals surface area contributed by atoms with Crippen LogP contribution in [0.5, 0.6) is 0 Å². The quantitative estimate of drug-likeness (QED) is 0.885. The maximum Gasteiger partial charge on any atom is 0.138 e. The summed E-state index contributed by atoms with van der Waals surface area (Å²) in [4.78, 5) is 13.6. The lowest BCUT2D eigenvalue weighted by atomic mass is 10.2. The molecule has 0 aliphatic heterocycles. The molecule has 1 atom stereocenters. The van der Waals surface area contributed by atoms with Crippen LogP contribution in [0.4, 0.5) is 5.82 Å². The zero-order valence-electron chi connectivity index (χ0n) is 13.0. The van der Waals surface area contributed by atoms with Crippen molar-refractivity contribution < 1.29 is 0 Å². The summed E-state index contributed by atoms with van der Waals surface area (Å²) in [6, 6.07) is 0.495. The number of aryl methyl sites for hydroxylation is 2. The van der Waals surface area contributed by atoms with Gasteiger partial charge in [0.15, 0.2) is 0 Å². The third kappa shape index (κ3) is 2.94. The second-order valence-corrected chi connectivity index (χ2v) is 6.34. The van der Waals surface area contributed by atoms with Crippen LogP contribution >= 0.6 is 11.3 Å². The van der Waals surface area contributed by atoms with Gasteiger partial charge in [0.25, 0.3) is 0 Å². The van der Waals surface area contributed by atoms with E-state index in [4.69, 9.17) is 0 Å². The molecule has 0 saturated heterocycles. The third-order valence-electron chi connectivity index (χ3n) is 3.97. The number of fused-ring (bicyclic) bond motifs is 1. The summed E-state index contributed by atoms with van der Waals surface area (Å²) in [5.74, 6) is 0.968. The van der Waals surface area contributed by atoms with Gasteiger partial charge >= 0.3 is 0 Å². The number of hydrogen-bond acceptors (Lipinski definition) is 5. The van der Waals surface area contributed by atoms with Crippen LogP contribution < -0.4 is 5.32 Å². The van der Waals surface area contributed by atoms with Gasteiger partial charge in [0.2, 0.25) is 0 Å². The van der Waals surface area contributed by atoms with E-state index in [1.807, 2.05) is 0 Å². The zero-order valence-corrected chi connectivity index (χ0v) is 13.8. The summed E-state index contributed by atoms with van der Waals surface area (Å²) >= 11 is 1.74. The van der Waals surface area contributed by atoms with Crippen molar-refractivity contribution in [1.82, 2.24) is 14.9 Å². The molecule has 1 N–H and O–H groups in total. The normalized spacial score (nSPS) is 13.1. The molecule has 1 unspecified atom stereocenters. The van der Waals surface area contributed by atoms with E-state index in [1.54, 1.807) is 17.7 Å². The highest BCUT2D eigenvalue weighted by molar-refractivity contribution is 7.18. The summed E-state index contributed by atoms with van der Waals surface area (Å²) in [7, 11) is 0. The molecule has 4 nitrogen and oxygen atoms in total. The SMILES string of the molecule is CCN(CC)C(C)CNc1ncnc2sc(C)c(C)c12. The first-order valence-electron chi connectivity index (χ1n) is 7.27. The molecule has 0 fully saturated rings. The molecule has 0 radical (unpaired) electrons. The first kappa shape index (κ1) is 15.2. The Balaban J connectivity index is 2.18. The number of aromatic nitrogens is 2. The van der Waals surface area contributed by atoms with Crippen LogP contribution in [0, 0.1) is 13.8 Å². The van der Waals surface area contributed by atoms with Gasteiger partial charge in [-0.25, -0.2) is 9.97 Å². The van der Waals surface area contributed by atoms with Crippen LogP contribution in [-0.4, -0.2) is 40.5 Å². The fourth-order valence-corrected chi connectivity index (χ4v) is 3.53. The van der Waals surface area contributed by atoms with Gasteiger partial charge in [-0.05, 0) is 39.4 Å². The van der Waals surface area contributed by atoms with E-state index in [2.05, 4.69) is 54.8 Å². The number of anilines is 1. The number of nitrogens with one attached hydrogen (secondary N) is 1. The Bertz CT molecular complexity index is 575. The summed E-state index contributed by atoms with van der Waals surface area (Å²) in [5, 5.41) is 4.69. The van der Waals surface area contributed by atoms with Gasteiger partial charge in [0.05, 0.1) is 5.39 Å². The molecule has 2 aromatic rings. The van der Waals surface area contributed by atoms with E-state index < -0.39 is 0 Å². The molecular weight excluding hydrogens is 268 g/mol. The third-order valence-corrected chi connectivity index (χ3v) is 5.08. The molecule has 0 aliphatic carbocycles. The van der Waals surface area contributed by atoms with Crippen LogP contribution in [0.2, 0.25) is 0 Å². The smallest absolute Gasteiger partial charge is 0.138 e. The van der Waals surface area contributed by atoms with Crippen molar-refractivity contribution in [1.29, 1.82) is 0 Å². The van der Waals surface area contributed by atoms with Gasteiger partial charge in [0.1, 0.15) is 17.0 Å². The number of likely N-dealkylation sites (N-methyl/N-ethyl adjacent to an activating group) is 1. The Morgan fingerprint density at radius 3 is 2.60 bits per heavy atom. The molecule has 110 valence electrons. The van der Waals surface area contributed by atoms with Crippen molar-refractivity contribution in [2.24, 2.45) is 0 Å². The Morgan fingerprint density at radius 1 is 1.25 bits per heavy atom. The highest BCUT2D eigenvalue weighted by Crippen LogP contribution is 2.32. The standard InChI is InChI=1S/C15H24N4S/c1-6-19(7-2)10(3)8-16-14-13-11(4)12(5)20-15(13)18-9-17-14/h9-10H,6-8H2,1-5H3,(H,16,17,18). The summed E-state index contributed by atoms with van der Waals surface area (Å²) in [5.41, 5.74) is 1.29. The van der Waals surface area contributed by atoms with E-state index >= 15 is 0 Å². The van der Waals surface area contributed by atoms with E-state index in [-0.39, 0.29) is 0 Å². The minimum atomic E-state index is 0.495. The molecule has 0 aliphatic rings. The van der Waals surface area contributed by atoms with Gasteiger partial charge in [-0.2, -0.15) is 0 Å². The maximum atomic E-state index is 4.43. The van der Waals surface area contributed by atoms with Crippen LogP contribution in [0.25, 0.3) is 10.2 Å². The molecule has 0 amide bonds. The fourth-order valence-electron chi connectivity index (χ4n) is 2.54. The van der Waals surface area contributed by atoms with Gasteiger partial charge < -0.3 is 5.32 Å². The van der Waals surface area contributed by atoms with Crippen molar-refractivity contribution in [3.63, 3.8) is 0 Å². The molecule has 2 aromatic heterocycles. The number of nitrogens with zero attached hydrogens (tertiary/aromatic N) is 3. The lowest BCUT2D eigenvalue weighted by Crippen LogP contribution is -2.37. The largest absolute Gasteiger partial charge is 0.368 e. The Hall–Kier alpha value is -1.20. The molecule has 2 rings (SSSR count). The fraction of sp³-hybridized carbons (Fsp3) is 0.600. The summed E-state index contributed by atoms with van der Waals surface area (Å²) in [6.45, 7) is 14.0. The topological polar surface area (TPSA) is 41.0 Å². The van der Waals surface area contributed by atoms with Crippen LogP contribution in [0.15, 0.2) is 6.33 Å². The van der Waals surface area contributed by atoms with Crippen LogP contribution in [0.3, 0.4) is 0 Å². The Labute approximate surface area is 125 Å². The lowest BCUT2D eigenvalue weighted by Gasteiger charge is -2.26. The average molecular weight is 292 g/mol. The van der Waals surface area contributed by atoms with Crippen molar-refractivity contribution >= 4 is 27.4 Å². The zero-order chi connectivity index (χ0) is 14.7. The summed E-state index contributed by atoms with van der Waals surface area (Å²) < 4.78 is 0. The summed E-state index contributed by atoms with van der Waals surface area (Å²) in [6.07, 6.45) is 1.65. The predicted octanol–water partition coefficient (Wildman–Crippen LogP) is 3.45. The van der Waals surface area contributed by atoms with E-state index in [0.29, 0.717) is 6.04 Å². The van der Waals surface area contributed by atoms with Crippen LogP contribution in [-0.2, 0) is 0 Å². The van der Waals surface area contributed by atoms with Crippen molar-refractivity contribution in [3.05, 3.63) is 16.8 Å². The molecule has 5 heteroatoms. The van der Waals surface area contributed by atoms with E-state index in [9.17, 15) is 0 Å². The van der Waals surface area contributed by atoms with Gasteiger partial charge in [0, 0.05) is 17.5 Å².